The molecule has 1 unspecified atom stereocenters. The number of halogens is 1. The molecule has 5 rings (SSSR count). The summed E-state index contributed by atoms with van der Waals surface area (Å²) in [7, 11) is 0. The van der Waals surface area contributed by atoms with Gasteiger partial charge in [0.15, 0.2) is 0 Å². The Hall–Kier alpha value is -4.00. The summed E-state index contributed by atoms with van der Waals surface area (Å²) in [6.07, 6.45) is 4.55. The third-order valence-corrected chi connectivity index (χ3v) is 11.3. The van der Waals surface area contributed by atoms with E-state index >= 15 is 0 Å². The maximum Gasteiger partial charge on any atom is 0.306 e. The smallest absolute Gasteiger partial charge is 0.306 e. The lowest BCUT2D eigenvalue weighted by Gasteiger charge is -2.37. The van der Waals surface area contributed by atoms with E-state index < -0.39 is 47.5 Å². The van der Waals surface area contributed by atoms with Crippen molar-refractivity contribution in [3.05, 3.63) is 85.5 Å². The molecule has 12 heteroatoms. The van der Waals surface area contributed by atoms with Crippen LogP contribution in [0.2, 0.25) is 0 Å². The minimum absolute atomic E-state index is 0.0528. The number of amides is 3. The number of aliphatic hydroxyl groups excluding tert-OH is 1. The monoisotopic (exact) mass is 778 g/mol. The van der Waals surface area contributed by atoms with Gasteiger partial charge in [0.05, 0.1) is 24.0 Å². The topological polar surface area (TPSA) is 129 Å². The molecule has 2 aromatic carbocycles. The van der Waals surface area contributed by atoms with E-state index in [1.165, 1.54) is 0 Å². The molecule has 3 fully saturated rings. The molecule has 3 aliphatic heterocycles. The third-order valence-electron chi connectivity index (χ3n) is 10.5. The highest BCUT2D eigenvalue weighted by Crippen LogP contribution is 2.60. The zero-order valence-electron chi connectivity index (χ0n) is 30.1. The SMILES string of the molecule is C=CCCC(=O)OC[C@H](NC(=O)[C@H]1[C@@H]2O[C@@]3(CC2Br)[C@@H]1C(=O)N(CCCCO)[C@@H]3C(=O)N(CC=C)c1ccc(N(CC)CC)cc1)c1ccccc1. The molecule has 11 nitrogen and oxygen atoms in total. The Kier molecular flexibility index (Phi) is 13.3. The first-order valence-corrected chi connectivity index (χ1v) is 19.2. The predicted molar refractivity (Wildman–Crippen MR) is 204 cm³/mol. The van der Waals surface area contributed by atoms with Crippen LogP contribution in [-0.4, -0.2) is 95.7 Å². The summed E-state index contributed by atoms with van der Waals surface area (Å²) in [6.45, 7) is 13.7. The molecule has 1 spiro atoms. The molecule has 0 saturated carbocycles. The van der Waals surface area contributed by atoms with Crippen molar-refractivity contribution in [1.82, 2.24) is 10.2 Å². The Bertz CT molecular complexity index is 1590. The van der Waals surface area contributed by atoms with Crippen molar-refractivity contribution >= 4 is 51.0 Å². The number of carbonyl (C=O) groups is 4. The van der Waals surface area contributed by atoms with Crippen LogP contribution in [0.3, 0.4) is 0 Å². The molecule has 3 saturated heterocycles. The van der Waals surface area contributed by atoms with Crippen LogP contribution in [0.1, 0.15) is 57.6 Å². The first kappa shape index (κ1) is 39.2. The Labute approximate surface area is 315 Å². The lowest BCUT2D eigenvalue weighted by atomic mass is 9.70. The molecule has 2 N–H and O–H groups in total. The standard InChI is InChI=1S/C40H51BrN4O7/c1-5-9-17-32(47)51-26-31(27-15-11-10-12-16-27)42-37(48)33-34-38(49)45(23-13-14-24-46)36(40(34)25-30(41)35(33)52-40)39(50)44(22-6-2)29-20-18-28(19-21-29)43(7-3)8-4/h5-6,10-12,15-16,18-21,30-31,33-36,46H,1-2,7-9,13-14,17,22-26H2,3-4H3,(H,42,48)/t30?,31-,33+,34-,35+,36+,40-/m0/s1. The van der Waals surface area contributed by atoms with E-state index in [4.69, 9.17) is 9.47 Å². The van der Waals surface area contributed by atoms with Crippen LogP contribution in [0.5, 0.6) is 0 Å². The van der Waals surface area contributed by atoms with E-state index in [0.29, 0.717) is 31.4 Å². The van der Waals surface area contributed by atoms with Gasteiger partial charge >= 0.3 is 5.97 Å². The van der Waals surface area contributed by atoms with Gasteiger partial charge in [-0.05, 0) is 69.4 Å². The number of allylic oxidation sites excluding steroid dienone is 1. The molecule has 2 aromatic rings. The van der Waals surface area contributed by atoms with E-state index in [-0.39, 0.29) is 49.4 Å². The Morgan fingerprint density at radius 2 is 1.77 bits per heavy atom. The van der Waals surface area contributed by atoms with Gasteiger partial charge < -0.3 is 34.6 Å². The predicted octanol–water partition coefficient (Wildman–Crippen LogP) is 4.94. The Morgan fingerprint density at radius 3 is 2.40 bits per heavy atom. The zero-order chi connectivity index (χ0) is 37.4. The molecule has 3 heterocycles. The number of carbonyl (C=O) groups excluding carboxylic acids is 4. The van der Waals surface area contributed by atoms with Crippen LogP contribution in [0, 0.1) is 11.8 Å². The molecule has 0 aromatic heterocycles. The fraction of sp³-hybridized carbons (Fsp3) is 0.500. The van der Waals surface area contributed by atoms with Crippen molar-refractivity contribution in [2.45, 2.75) is 74.6 Å². The van der Waals surface area contributed by atoms with Gasteiger partial charge in [-0.2, -0.15) is 0 Å². The number of hydrogen-bond donors (Lipinski definition) is 2. The maximum absolute atomic E-state index is 14.9. The number of nitrogens with one attached hydrogen (secondary N) is 1. The van der Waals surface area contributed by atoms with Crippen molar-refractivity contribution in [2.75, 3.05) is 49.2 Å². The second kappa shape index (κ2) is 17.7. The number of nitrogens with zero attached hydrogens (tertiary/aromatic N) is 3. The van der Waals surface area contributed by atoms with Crippen LogP contribution >= 0.6 is 15.9 Å². The van der Waals surface area contributed by atoms with Gasteiger partial charge in [-0.1, -0.05) is 58.4 Å². The number of anilines is 2. The largest absolute Gasteiger partial charge is 0.463 e. The van der Waals surface area contributed by atoms with Gasteiger partial charge in [0.1, 0.15) is 18.2 Å². The molecule has 3 amide bonds. The summed E-state index contributed by atoms with van der Waals surface area (Å²) in [6, 6.07) is 15.3. The highest BCUT2D eigenvalue weighted by molar-refractivity contribution is 9.09. The van der Waals surface area contributed by atoms with Crippen molar-refractivity contribution in [3.63, 3.8) is 0 Å². The van der Waals surface area contributed by atoms with E-state index in [9.17, 15) is 24.3 Å². The normalized spacial score (nSPS) is 25.0. The zero-order valence-corrected chi connectivity index (χ0v) is 31.7. The number of rotatable bonds is 19. The molecular weight excluding hydrogens is 728 g/mol. The summed E-state index contributed by atoms with van der Waals surface area (Å²) in [5.41, 5.74) is 1.17. The van der Waals surface area contributed by atoms with E-state index in [1.807, 2.05) is 54.6 Å². The van der Waals surface area contributed by atoms with E-state index in [2.05, 4.69) is 53.2 Å². The fourth-order valence-electron chi connectivity index (χ4n) is 8.02. The molecule has 2 bridgehead atoms. The molecule has 3 aliphatic rings. The number of alkyl halides is 1. The summed E-state index contributed by atoms with van der Waals surface area (Å²) < 4.78 is 12.3. The van der Waals surface area contributed by atoms with Crippen LogP contribution in [0.15, 0.2) is 79.9 Å². The average molecular weight is 780 g/mol. The molecule has 280 valence electrons. The van der Waals surface area contributed by atoms with Crippen LogP contribution in [0.25, 0.3) is 0 Å². The Morgan fingerprint density at radius 1 is 1.08 bits per heavy atom. The Balaban J connectivity index is 1.47. The number of aliphatic hydroxyl groups is 1. The van der Waals surface area contributed by atoms with Crippen LogP contribution < -0.4 is 15.1 Å². The summed E-state index contributed by atoms with van der Waals surface area (Å²) >= 11 is 3.76. The minimum Gasteiger partial charge on any atom is -0.463 e. The average Bonchev–Trinajstić information content (AvgIpc) is 3.75. The van der Waals surface area contributed by atoms with E-state index in [1.54, 1.807) is 22.0 Å². The second-order valence-electron chi connectivity index (χ2n) is 13.5. The minimum atomic E-state index is -1.27. The summed E-state index contributed by atoms with van der Waals surface area (Å²) in [5, 5.41) is 12.7. The van der Waals surface area contributed by atoms with Crippen LogP contribution in [0.4, 0.5) is 11.4 Å². The second-order valence-corrected chi connectivity index (χ2v) is 14.7. The first-order chi connectivity index (χ1) is 25.1. The van der Waals surface area contributed by atoms with Crippen molar-refractivity contribution in [3.8, 4) is 0 Å². The summed E-state index contributed by atoms with van der Waals surface area (Å²) in [4.78, 5) is 61.5. The quantitative estimate of drug-likeness (QED) is 0.0889. The molecule has 7 atom stereocenters. The van der Waals surface area contributed by atoms with Crippen molar-refractivity contribution in [2.24, 2.45) is 11.8 Å². The third kappa shape index (κ3) is 7.84. The number of likely N-dealkylation sites (tertiary alicyclic amines) is 1. The lowest BCUT2D eigenvalue weighted by Crippen LogP contribution is -2.57. The fourth-order valence-corrected chi connectivity index (χ4v) is 8.96. The molecule has 0 radical (unpaired) electrons. The molecular formula is C40H51BrN4O7. The molecule has 0 aliphatic carbocycles. The van der Waals surface area contributed by atoms with Crippen molar-refractivity contribution < 1.29 is 33.8 Å². The highest BCUT2D eigenvalue weighted by Gasteiger charge is 2.76. The van der Waals surface area contributed by atoms with Crippen molar-refractivity contribution in [1.29, 1.82) is 0 Å². The van der Waals surface area contributed by atoms with Gasteiger partial charge in [-0.25, -0.2) is 0 Å². The van der Waals surface area contributed by atoms with Gasteiger partial charge in [-0.3, -0.25) is 19.2 Å². The number of hydrogen-bond acceptors (Lipinski definition) is 8. The molecule has 52 heavy (non-hydrogen) atoms. The lowest BCUT2D eigenvalue weighted by molar-refractivity contribution is -0.145. The number of esters is 1. The number of ether oxygens (including phenoxy) is 2. The van der Waals surface area contributed by atoms with E-state index in [0.717, 1.165) is 24.3 Å². The number of benzene rings is 2. The van der Waals surface area contributed by atoms with Crippen LogP contribution in [-0.2, 0) is 28.7 Å². The number of fused-ring (bicyclic) bond motifs is 1. The van der Waals surface area contributed by atoms with Gasteiger partial charge in [-0.15, -0.1) is 13.2 Å². The van der Waals surface area contributed by atoms with Gasteiger partial charge in [0.2, 0.25) is 11.8 Å². The summed E-state index contributed by atoms with van der Waals surface area (Å²) in [5.74, 6) is -3.28. The maximum atomic E-state index is 14.9. The number of unbranched alkanes of at least 4 members (excludes halogenated alkanes) is 1. The van der Waals surface area contributed by atoms with Gasteiger partial charge in [0, 0.05) is 55.4 Å². The highest BCUT2D eigenvalue weighted by atomic mass is 79.9. The van der Waals surface area contributed by atoms with Gasteiger partial charge in [0.25, 0.3) is 5.91 Å². The first-order valence-electron chi connectivity index (χ1n) is 18.3.